The molecule has 0 amide bonds. The highest BCUT2D eigenvalue weighted by Gasteiger charge is 2.09. The number of oxime groups is 1. The van der Waals surface area contributed by atoms with Gasteiger partial charge in [-0.15, -0.1) is 0 Å². The maximum absolute atomic E-state index is 13.4. The number of hydrogen-bond donors (Lipinski definition) is 1. The number of nitrogens with zero attached hydrogens (tertiary/aromatic N) is 1. The highest BCUT2D eigenvalue weighted by molar-refractivity contribution is 6.31. The molecule has 0 fully saturated rings. The second-order valence-electron chi connectivity index (χ2n) is 3.01. The molecule has 0 spiro atoms. The summed E-state index contributed by atoms with van der Waals surface area (Å²) in [7, 11) is 0. The quantitative estimate of drug-likeness (QED) is 0.391. The van der Waals surface area contributed by atoms with Gasteiger partial charge < -0.3 is 9.94 Å². The minimum atomic E-state index is -0.737. The fraction of sp³-hybridized carbons (Fsp3) is 0.250. The molecule has 5 heteroatoms. The molecule has 1 N–H and O–H groups in total. The maximum atomic E-state index is 13.4. The molecule has 0 aliphatic heterocycles. The van der Waals surface area contributed by atoms with Crippen LogP contribution in [0.2, 0.25) is 5.02 Å². The lowest BCUT2D eigenvalue weighted by atomic mass is 10.2. The van der Waals surface area contributed by atoms with E-state index in [4.69, 9.17) is 16.4 Å². The average Bonchev–Trinajstić information content (AvgIpc) is 2.32. The van der Waals surface area contributed by atoms with E-state index in [-0.39, 0.29) is 22.9 Å². The number of hydrogen-bond acceptors (Lipinski definition) is 3. The van der Waals surface area contributed by atoms with E-state index in [1.54, 1.807) is 0 Å². The van der Waals surface area contributed by atoms with Crippen LogP contribution in [0.5, 0.6) is 5.75 Å². The standard InChI is InChI=1S/C12H11ClFNO2/c1-2-3-4-7-17-15-8-9-11(16)6-5-10(13)12(9)14/h5-6,8,16H,2,7H2,1H3. The first-order valence-corrected chi connectivity index (χ1v) is 5.32. The number of phenols is 1. The maximum Gasteiger partial charge on any atom is 0.177 e. The monoisotopic (exact) mass is 255 g/mol. The van der Waals surface area contributed by atoms with Gasteiger partial charge in [0.15, 0.2) is 12.4 Å². The van der Waals surface area contributed by atoms with Crippen LogP contribution >= 0.6 is 11.6 Å². The summed E-state index contributed by atoms with van der Waals surface area (Å²) in [4.78, 5) is 4.76. The van der Waals surface area contributed by atoms with Gasteiger partial charge in [-0.05, 0) is 12.1 Å². The van der Waals surface area contributed by atoms with Crippen LogP contribution in [0.25, 0.3) is 0 Å². The Bertz CT molecular complexity index is 477. The van der Waals surface area contributed by atoms with E-state index in [0.29, 0.717) is 0 Å². The second kappa shape index (κ2) is 6.77. The Kier molecular flexibility index (Phi) is 5.31. The highest BCUT2D eigenvalue weighted by Crippen LogP contribution is 2.24. The molecule has 0 aliphatic rings. The highest BCUT2D eigenvalue weighted by atomic mass is 35.5. The van der Waals surface area contributed by atoms with Crippen molar-refractivity contribution in [3.05, 3.63) is 28.5 Å². The van der Waals surface area contributed by atoms with E-state index in [2.05, 4.69) is 17.0 Å². The molecule has 0 saturated carbocycles. The molecule has 0 unspecified atom stereocenters. The molecule has 0 aliphatic carbocycles. The lowest BCUT2D eigenvalue weighted by Gasteiger charge is -2.01. The normalized spacial score (nSPS) is 10.1. The number of phenolic OH excluding ortho intramolecular Hbond substituents is 1. The fourth-order valence-electron chi connectivity index (χ4n) is 1.01. The van der Waals surface area contributed by atoms with Crippen molar-refractivity contribution in [1.29, 1.82) is 0 Å². The van der Waals surface area contributed by atoms with E-state index < -0.39 is 5.82 Å². The van der Waals surface area contributed by atoms with E-state index in [1.165, 1.54) is 12.1 Å². The van der Waals surface area contributed by atoms with Gasteiger partial charge in [0.05, 0.1) is 16.8 Å². The van der Waals surface area contributed by atoms with Crippen LogP contribution in [0.4, 0.5) is 4.39 Å². The summed E-state index contributed by atoms with van der Waals surface area (Å²) < 4.78 is 13.4. The van der Waals surface area contributed by atoms with Crippen molar-refractivity contribution in [2.75, 3.05) is 6.61 Å². The Labute approximate surface area is 104 Å². The van der Waals surface area contributed by atoms with Crippen LogP contribution < -0.4 is 0 Å². The molecule has 0 bridgehead atoms. The van der Waals surface area contributed by atoms with Gasteiger partial charge in [0.25, 0.3) is 0 Å². The molecule has 1 aromatic rings. The summed E-state index contributed by atoms with van der Waals surface area (Å²) in [5.41, 5.74) is -0.110. The smallest absolute Gasteiger partial charge is 0.177 e. The van der Waals surface area contributed by atoms with Crippen molar-refractivity contribution < 1.29 is 14.3 Å². The minimum absolute atomic E-state index is 0.0879. The van der Waals surface area contributed by atoms with Crippen molar-refractivity contribution in [3.8, 4) is 17.6 Å². The molecule has 0 saturated heterocycles. The first-order valence-electron chi connectivity index (χ1n) is 4.94. The van der Waals surface area contributed by atoms with Gasteiger partial charge in [-0.1, -0.05) is 35.5 Å². The van der Waals surface area contributed by atoms with Crippen LogP contribution in [-0.4, -0.2) is 17.9 Å². The van der Waals surface area contributed by atoms with Crippen molar-refractivity contribution in [2.45, 2.75) is 13.3 Å². The largest absolute Gasteiger partial charge is 0.507 e. The number of benzene rings is 1. The average molecular weight is 256 g/mol. The molecule has 90 valence electrons. The van der Waals surface area contributed by atoms with Gasteiger partial charge >= 0.3 is 0 Å². The number of aromatic hydroxyl groups is 1. The summed E-state index contributed by atoms with van der Waals surface area (Å²) in [5, 5.41) is 12.8. The van der Waals surface area contributed by atoms with Crippen LogP contribution in [0, 0.1) is 17.7 Å². The van der Waals surface area contributed by atoms with Crippen molar-refractivity contribution in [3.63, 3.8) is 0 Å². The Morgan fingerprint density at radius 1 is 1.53 bits per heavy atom. The number of halogens is 2. The molecule has 0 heterocycles. The van der Waals surface area contributed by atoms with Crippen molar-refractivity contribution >= 4 is 17.8 Å². The first-order chi connectivity index (χ1) is 8.16. The molecular weight excluding hydrogens is 245 g/mol. The van der Waals surface area contributed by atoms with Crippen molar-refractivity contribution in [2.24, 2.45) is 5.16 Å². The van der Waals surface area contributed by atoms with Crippen molar-refractivity contribution in [1.82, 2.24) is 0 Å². The summed E-state index contributed by atoms with van der Waals surface area (Å²) in [6.07, 6.45) is 1.79. The molecule has 0 atom stereocenters. The van der Waals surface area contributed by atoms with Gasteiger partial charge in [0.1, 0.15) is 5.75 Å². The zero-order valence-corrected chi connectivity index (χ0v) is 9.96. The van der Waals surface area contributed by atoms with Gasteiger partial charge in [-0.25, -0.2) is 4.39 Å². The molecule has 0 aromatic heterocycles. The van der Waals surface area contributed by atoms with E-state index in [1.807, 2.05) is 6.92 Å². The van der Waals surface area contributed by atoms with E-state index in [9.17, 15) is 9.50 Å². The van der Waals surface area contributed by atoms with Crippen LogP contribution in [-0.2, 0) is 4.84 Å². The molecule has 3 nitrogen and oxygen atoms in total. The Hall–Kier alpha value is -1.73. The van der Waals surface area contributed by atoms with E-state index >= 15 is 0 Å². The lowest BCUT2D eigenvalue weighted by molar-refractivity contribution is 0.181. The molecule has 0 radical (unpaired) electrons. The Morgan fingerprint density at radius 3 is 3.00 bits per heavy atom. The summed E-state index contributed by atoms with van der Waals surface area (Å²) in [6, 6.07) is 2.54. The second-order valence-corrected chi connectivity index (χ2v) is 3.42. The number of rotatable bonds is 3. The SMILES string of the molecule is CCC#CCON=Cc1c(O)ccc(Cl)c1F. The predicted molar refractivity (Wildman–Crippen MR) is 64.7 cm³/mol. The van der Waals surface area contributed by atoms with Gasteiger partial charge in [0.2, 0.25) is 0 Å². The fourth-order valence-corrected chi connectivity index (χ4v) is 1.18. The zero-order valence-electron chi connectivity index (χ0n) is 9.20. The van der Waals surface area contributed by atoms with E-state index in [0.717, 1.165) is 12.6 Å². The van der Waals surface area contributed by atoms with Gasteiger partial charge in [0, 0.05) is 6.42 Å². The minimum Gasteiger partial charge on any atom is -0.507 e. The van der Waals surface area contributed by atoms with Crippen LogP contribution in [0.15, 0.2) is 17.3 Å². The Balaban J connectivity index is 2.68. The summed E-state index contributed by atoms with van der Waals surface area (Å²) in [5.74, 6) is 4.49. The molecule has 1 rings (SSSR count). The third kappa shape index (κ3) is 3.97. The molecular formula is C12H11ClFNO2. The van der Waals surface area contributed by atoms with Crippen LogP contribution in [0.1, 0.15) is 18.9 Å². The van der Waals surface area contributed by atoms with Crippen LogP contribution in [0.3, 0.4) is 0 Å². The first kappa shape index (κ1) is 13.3. The zero-order chi connectivity index (χ0) is 12.7. The topological polar surface area (TPSA) is 41.8 Å². The summed E-state index contributed by atoms with van der Waals surface area (Å²) >= 11 is 5.56. The summed E-state index contributed by atoms with van der Waals surface area (Å²) in [6.45, 7) is 2.03. The molecule has 17 heavy (non-hydrogen) atoms. The van der Waals surface area contributed by atoms with Gasteiger partial charge in [-0.3, -0.25) is 0 Å². The third-order valence-electron chi connectivity index (χ3n) is 1.80. The molecule has 1 aromatic carbocycles. The predicted octanol–water partition coefficient (Wildman–Crippen LogP) is 2.95. The third-order valence-corrected chi connectivity index (χ3v) is 2.10. The Morgan fingerprint density at radius 2 is 2.29 bits per heavy atom. The van der Waals surface area contributed by atoms with Gasteiger partial charge in [-0.2, -0.15) is 0 Å². The lowest BCUT2D eigenvalue weighted by Crippen LogP contribution is -1.92.